The molecule has 5 nitrogen and oxygen atoms in total. The van der Waals surface area contributed by atoms with Crippen molar-refractivity contribution in [2.45, 2.75) is 26.7 Å². The highest BCUT2D eigenvalue weighted by Crippen LogP contribution is 2.11. The summed E-state index contributed by atoms with van der Waals surface area (Å²) < 4.78 is 5.12. The molecule has 0 aromatic heterocycles. The summed E-state index contributed by atoms with van der Waals surface area (Å²) in [6.45, 7) is 8.80. The van der Waals surface area contributed by atoms with Gasteiger partial charge in [0.1, 0.15) is 5.75 Å². The van der Waals surface area contributed by atoms with Crippen molar-refractivity contribution in [1.82, 2.24) is 15.5 Å². The van der Waals surface area contributed by atoms with Crippen LogP contribution in [0.4, 0.5) is 4.79 Å². The first kappa shape index (κ1) is 18.3. The van der Waals surface area contributed by atoms with Gasteiger partial charge in [0.15, 0.2) is 0 Å². The quantitative estimate of drug-likeness (QED) is 0.652. The minimum atomic E-state index is -0.0898. The average molecular weight is 307 g/mol. The van der Waals surface area contributed by atoms with E-state index in [1.54, 1.807) is 7.11 Å². The highest BCUT2D eigenvalue weighted by Gasteiger charge is 2.01. The third-order valence-corrected chi connectivity index (χ3v) is 3.69. The van der Waals surface area contributed by atoms with Gasteiger partial charge in [-0.1, -0.05) is 26.0 Å². The summed E-state index contributed by atoms with van der Waals surface area (Å²) in [5.74, 6) is 0.850. The van der Waals surface area contributed by atoms with Crippen molar-refractivity contribution in [3.8, 4) is 5.75 Å². The number of urea groups is 1. The molecule has 0 aliphatic heterocycles. The summed E-state index contributed by atoms with van der Waals surface area (Å²) in [5.41, 5.74) is 1.18. The van der Waals surface area contributed by atoms with E-state index in [9.17, 15) is 4.79 Å². The number of benzene rings is 1. The number of rotatable bonds is 10. The number of carbonyl (C=O) groups is 1. The summed E-state index contributed by atoms with van der Waals surface area (Å²) in [5, 5.41) is 5.77. The standard InChI is InChI=1S/C17H29N3O2/c1-4-20(5-2)14-6-12-18-17(21)19-13-11-15-7-9-16(22-3)10-8-15/h7-10H,4-6,11-14H2,1-3H3,(H2,18,19,21). The molecule has 0 unspecified atom stereocenters. The Hall–Kier alpha value is -1.75. The molecule has 2 amide bonds. The van der Waals surface area contributed by atoms with Crippen molar-refractivity contribution in [1.29, 1.82) is 0 Å². The third kappa shape index (κ3) is 7.31. The van der Waals surface area contributed by atoms with Crippen LogP contribution in [-0.2, 0) is 6.42 Å². The molecule has 0 fully saturated rings. The number of methoxy groups -OCH3 is 1. The SMILES string of the molecule is CCN(CC)CCCNC(=O)NCCc1ccc(OC)cc1. The van der Waals surface area contributed by atoms with Crippen molar-refractivity contribution in [3.05, 3.63) is 29.8 Å². The van der Waals surface area contributed by atoms with Crippen LogP contribution in [0.15, 0.2) is 24.3 Å². The smallest absolute Gasteiger partial charge is 0.314 e. The number of hydrogen-bond donors (Lipinski definition) is 2. The third-order valence-electron chi connectivity index (χ3n) is 3.69. The Morgan fingerprint density at radius 2 is 1.73 bits per heavy atom. The van der Waals surface area contributed by atoms with Gasteiger partial charge < -0.3 is 20.3 Å². The Kier molecular flexibility index (Phi) is 9.07. The zero-order valence-corrected chi connectivity index (χ0v) is 14.0. The summed E-state index contributed by atoms with van der Waals surface area (Å²) in [6.07, 6.45) is 1.80. The number of nitrogens with zero attached hydrogens (tertiary/aromatic N) is 1. The van der Waals surface area contributed by atoms with Gasteiger partial charge in [-0.15, -0.1) is 0 Å². The predicted octanol–water partition coefficient (Wildman–Crippen LogP) is 2.27. The van der Waals surface area contributed by atoms with Gasteiger partial charge in [-0.3, -0.25) is 0 Å². The van der Waals surface area contributed by atoms with Crippen LogP contribution in [0.2, 0.25) is 0 Å². The molecule has 0 aliphatic rings. The van der Waals surface area contributed by atoms with Crippen molar-refractivity contribution >= 4 is 6.03 Å². The summed E-state index contributed by atoms with van der Waals surface area (Å²) in [7, 11) is 1.65. The van der Waals surface area contributed by atoms with E-state index in [0.717, 1.165) is 38.2 Å². The van der Waals surface area contributed by atoms with Gasteiger partial charge in [0.25, 0.3) is 0 Å². The van der Waals surface area contributed by atoms with Crippen molar-refractivity contribution in [2.75, 3.05) is 39.8 Å². The molecule has 0 spiro atoms. The van der Waals surface area contributed by atoms with Gasteiger partial charge in [-0.2, -0.15) is 0 Å². The van der Waals surface area contributed by atoms with Crippen molar-refractivity contribution in [2.24, 2.45) is 0 Å². The lowest BCUT2D eigenvalue weighted by atomic mass is 10.1. The molecular weight excluding hydrogens is 278 g/mol. The van der Waals surface area contributed by atoms with E-state index in [0.29, 0.717) is 13.1 Å². The molecular formula is C17H29N3O2. The fraction of sp³-hybridized carbons (Fsp3) is 0.588. The minimum absolute atomic E-state index is 0.0898. The molecule has 22 heavy (non-hydrogen) atoms. The molecule has 1 rings (SSSR count). The lowest BCUT2D eigenvalue weighted by Gasteiger charge is -2.17. The molecule has 0 atom stereocenters. The second-order valence-electron chi connectivity index (χ2n) is 5.16. The maximum atomic E-state index is 11.7. The fourth-order valence-electron chi connectivity index (χ4n) is 2.22. The average Bonchev–Trinajstić information content (AvgIpc) is 2.55. The number of carbonyl (C=O) groups excluding carboxylic acids is 1. The van der Waals surface area contributed by atoms with Gasteiger partial charge in [-0.25, -0.2) is 4.79 Å². The number of hydrogen-bond acceptors (Lipinski definition) is 3. The topological polar surface area (TPSA) is 53.6 Å². The lowest BCUT2D eigenvalue weighted by molar-refractivity contribution is 0.239. The van der Waals surface area contributed by atoms with Crippen LogP contribution in [0.1, 0.15) is 25.8 Å². The summed E-state index contributed by atoms with van der Waals surface area (Å²) in [4.78, 5) is 14.0. The summed E-state index contributed by atoms with van der Waals surface area (Å²) in [6, 6.07) is 7.81. The number of amides is 2. The van der Waals surface area contributed by atoms with Crippen LogP contribution in [-0.4, -0.2) is 50.8 Å². The number of nitrogens with one attached hydrogen (secondary N) is 2. The van der Waals surface area contributed by atoms with Crippen molar-refractivity contribution < 1.29 is 9.53 Å². The maximum Gasteiger partial charge on any atom is 0.314 e. The van der Waals surface area contributed by atoms with Gasteiger partial charge in [0, 0.05) is 13.1 Å². The van der Waals surface area contributed by atoms with Crippen LogP contribution >= 0.6 is 0 Å². The zero-order chi connectivity index (χ0) is 16.2. The highest BCUT2D eigenvalue weighted by atomic mass is 16.5. The first-order chi connectivity index (χ1) is 10.7. The van der Waals surface area contributed by atoms with E-state index in [4.69, 9.17) is 4.74 Å². The van der Waals surface area contributed by atoms with Crippen molar-refractivity contribution in [3.63, 3.8) is 0 Å². The zero-order valence-electron chi connectivity index (χ0n) is 14.0. The molecule has 1 aromatic rings. The molecule has 0 saturated carbocycles. The molecule has 5 heteroatoms. The maximum absolute atomic E-state index is 11.7. The molecule has 0 heterocycles. The Bertz CT molecular complexity index is 416. The first-order valence-corrected chi connectivity index (χ1v) is 8.06. The van der Waals surface area contributed by atoms with Crippen LogP contribution < -0.4 is 15.4 Å². The molecule has 1 aromatic carbocycles. The Morgan fingerprint density at radius 1 is 1.09 bits per heavy atom. The Morgan fingerprint density at radius 3 is 2.32 bits per heavy atom. The van der Waals surface area contributed by atoms with E-state index in [-0.39, 0.29) is 6.03 Å². The minimum Gasteiger partial charge on any atom is -0.497 e. The molecule has 2 N–H and O–H groups in total. The fourth-order valence-corrected chi connectivity index (χ4v) is 2.22. The van der Waals surface area contributed by atoms with Gasteiger partial charge >= 0.3 is 6.03 Å². The van der Waals surface area contributed by atoms with E-state index in [1.807, 2.05) is 24.3 Å². The normalized spacial score (nSPS) is 10.5. The Labute approximate surface area is 134 Å². The van der Waals surface area contributed by atoms with Crippen LogP contribution in [0.3, 0.4) is 0 Å². The lowest BCUT2D eigenvalue weighted by Crippen LogP contribution is -2.38. The van der Waals surface area contributed by atoms with Gasteiger partial charge in [-0.05, 0) is 50.2 Å². The Balaban J connectivity index is 2.10. The van der Waals surface area contributed by atoms with Gasteiger partial charge in [0.2, 0.25) is 0 Å². The van der Waals surface area contributed by atoms with E-state index < -0.39 is 0 Å². The largest absolute Gasteiger partial charge is 0.497 e. The second kappa shape index (κ2) is 10.9. The van der Waals surface area contributed by atoms with Crippen LogP contribution in [0.25, 0.3) is 0 Å². The molecule has 0 saturated heterocycles. The number of ether oxygens (including phenoxy) is 1. The highest BCUT2D eigenvalue weighted by molar-refractivity contribution is 5.73. The van der Waals surface area contributed by atoms with Gasteiger partial charge in [0.05, 0.1) is 7.11 Å². The molecule has 0 radical (unpaired) electrons. The second-order valence-corrected chi connectivity index (χ2v) is 5.16. The summed E-state index contributed by atoms with van der Waals surface area (Å²) >= 11 is 0. The first-order valence-electron chi connectivity index (χ1n) is 8.06. The molecule has 0 bridgehead atoms. The van der Waals surface area contributed by atoms with E-state index in [1.165, 1.54) is 5.56 Å². The molecule has 0 aliphatic carbocycles. The van der Waals surface area contributed by atoms with E-state index >= 15 is 0 Å². The molecule has 124 valence electrons. The van der Waals surface area contributed by atoms with E-state index in [2.05, 4.69) is 29.4 Å². The van der Waals surface area contributed by atoms with Crippen LogP contribution in [0.5, 0.6) is 5.75 Å². The van der Waals surface area contributed by atoms with Crippen LogP contribution in [0, 0.1) is 0 Å². The monoisotopic (exact) mass is 307 g/mol. The predicted molar refractivity (Wildman–Crippen MR) is 90.5 cm³/mol.